The van der Waals surface area contributed by atoms with Gasteiger partial charge in [0.15, 0.2) is 0 Å². The smallest absolute Gasteiger partial charge is 0.134 e. The van der Waals surface area contributed by atoms with Gasteiger partial charge < -0.3 is 9.47 Å². The monoisotopic (exact) mass is 652 g/mol. The molecule has 5 aromatic carbocycles. The highest BCUT2D eigenvalue weighted by molar-refractivity contribution is 7.04. The van der Waals surface area contributed by atoms with Crippen LogP contribution in [0.2, 0.25) is 39.3 Å². The van der Waals surface area contributed by atoms with Gasteiger partial charge in [-0.25, -0.2) is 0 Å². The number of rotatable bonds is 4. The normalized spacial score (nSPS) is 17.6. The Morgan fingerprint density at radius 3 is 1.76 bits per heavy atom. The van der Waals surface area contributed by atoms with Crippen molar-refractivity contribution in [3.63, 3.8) is 0 Å². The third-order valence-electron chi connectivity index (χ3n) is 11.5. The molecule has 0 N–H and O–H groups in total. The van der Waals surface area contributed by atoms with Crippen LogP contribution in [-0.2, 0) is 0 Å². The lowest BCUT2D eigenvalue weighted by Gasteiger charge is -2.37. The van der Waals surface area contributed by atoms with E-state index in [4.69, 9.17) is 9.47 Å². The van der Waals surface area contributed by atoms with E-state index in [0.717, 1.165) is 23.0 Å². The summed E-state index contributed by atoms with van der Waals surface area (Å²) < 4.78 is 13.7. The molecule has 232 valence electrons. The number of hydrogen-bond acceptors (Lipinski definition) is 2. The van der Waals surface area contributed by atoms with Crippen LogP contribution in [0.3, 0.4) is 0 Å². The zero-order chi connectivity index (χ0) is 31.8. The van der Waals surface area contributed by atoms with E-state index >= 15 is 0 Å². The average molecular weight is 653 g/mol. The molecule has 46 heavy (non-hydrogen) atoms. The summed E-state index contributed by atoms with van der Waals surface area (Å²) in [4.78, 5) is 0. The van der Waals surface area contributed by atoms with Gasteiger partial charge in [0.1, 0.15) is 47.2 Å². The van der Waals surface area contributed by atoms with Gasteiger partial charge >= 0.3 is 0 Å². The van der Waals surface area contributed by atoms with Gasteiger partial charge in [0.2, 0.25) is 0 Å². The zero-order valence-corrected chi connectivity index (χ0v) is 31.0. The molecule has 0 radical (unpaired) electrons. The topological polar surface area (TPSA) is 18.5 Å². The van der Waals surface area contributed by atoms with Crippen LogP contribution in [0.1, 0.15) is 37.2 Å². The maximum atomic E-state index is 6.89. The molecular formula is C41H44O2Si3. The largest absolute Gasteiger partial charge is 0.458 e. The van der Waals surface area contributed by atoms with Crippen molar-refractivity contribution in [3.8, 4) is 34.1 Å². The molecule has 2 aliphatic heterocycles. The first-order valence-corrected chi connectivity index (χ1v) is 26.1. The molecule has 0 saturated heterocycles. The van der Waals surface area contributed by atoms with E-state index in [1.807, 2.05) is 0 Å². The molecule has 5 aromatic rings. The average Bonchev–Trinajstić information content (AvgIpc) is 3.59. The van der Waals surface area contributed by atoms with E-state index in [9.17, 15) is 0 Å². The SMILES string of the molecule is C[Si](C)(c1ccc(C2CCCC2)c(-c2cccc3c2Oc2ccccc2[Si]3(C)C)c1)c1cccc2c1Oc1ccccc1[Si]2(C)C. The van der Waals surface area contributed by atoms with Gasteiger partial charge in [-0.05, 0) is 68.0 Å². The first-order valence-electron chi connectivity index (χ1n) is 17.1. The lowest BCUT2D eigenvalue weighted by atomic mass is 9.89. The maximum Gasteiger partial charge on any atom is 0.134 e. The van der Waals surface area contributed by atoms with Gasteiger partial charge in [-0.3, -0.25) is 0 Å². The van der Waals surface area contributed by atoms with Crippen LogP contribution in [0.25, 0.3) is 11.1 Å². The van der Waals surface area contributed by atoms with Crippen molar-refractivity contribution in [2.45, 2.75) is 70.9 Å². The van der Waals surface area contributed by atoms with Gasteiger partial charge in [0.25, 0.3) is 0 Å². The molecule has 0 bridgehead atoms. The molecule has 0 atom stereocenters. The minimum atomic E-state index is -2.20. The maximum absolute atomic E-state index is 6.89. The Labute approximate surface area is 277 Å². The number of fused-ring (bicyclic) bond motifs is 4. The van der Waals surface area contributed by atoms with Crippen LogP contribution in [0, 0.1) is 0 Å². The molecular weight excluding hydrogens is 609 g/mol. The van der Waals surface area contributed by atoms with Gasteiger partial charge in [-0.1, -0.05) is 148 Å². The van der Waals surface area contributed by atoms with Crippen LogP contribution in [-0.4, -0.2) is 24.2 Å². The highest BCUT2D eigenvalue weighted by Crippen LogP contribution is 2.43. The van der Waals surface area contributed by atoms with Gasteiger partial charge in [0.05, 0.1) is 0 Å². The summed E-state index contributed by atoms with van der Waals surface area (Å²) in [6, 6.07) is 38.8. The highest BCUT2D eigenvalue weighted by Gasteiger charge is 2.41. The van der Waals surface area contributed by atoms with E-state index in [1.165, 1.54) is 73.5 Å². The number of benzene rings is 5. The fourth-order valence-corrected chi connectivity index (χ4v) is 16.9. The Morgan fingerprint density at radius 1 is 0.565 bits per heavy atom. The predicted octanol–water partition coefficient (Wildman–Crippen LogP) is 7.69. The summed E-state index contributed by atoms with van der Waals surface area (Å²) in [7, 11) is -6.05. The van der Waals surface area contributed by atoms with Crippen LogP contribution >= 0.6 is 0 Å². The fourth-order valence-electron chi connectivity index (χ4n) is 8.56. The Morgan fingerprint density at radius 2 is 1.11 bits per heavy atom. The summed E-state index contributed by atoms with van der Waals surface area (Å²) in [5.74, 6) is 4.88. The summed E-state index contributed by atoms with van der Waals surface area (Å²) in [6.07, 6.45) is 5.17. The van der Waals surface area contributed by atoms with E-state index < -0.39 is 24.2 Å². The Balaban J connectivity index is 1.30. The van der Waals surface area contributed by atoms with Crippen molar-refractivity contribution in [1.29, 1.82) is 0 Å². The Kier molecular flexibility index (Phi) is 6.91. The van der Waals surface area contributed by atoms with E-state index in [1.54, 1.807) is 0 Å². The summed E-state index contributed by atoms with van der Waals surface area (Å²) >= 11 is 0. The molecule has 0 spiro atoms. The van der Waals surface area contributed by atoms with Crippen molar-refractivity contribution in [1.82, 2.24) is 0 Å². The molecule has 8 rings (SSSR count). The summed E-state index contributed by atoms with van der Waals surface area (Å²) in [6.45, 7) is 14.9. The second-order valence-electron chi connectivity index (χ2n) is 15.2. The van der Waals surface area contributed by atoms with E-state index in [2.05, 4.69) is 142 Å². The molecule has 5 heteroatoms. The molecule has 2 heterocycles. The summed E-state index contributed by atoms with van der Waals surface area (Å²) in [5.41, 5.74) is 4.13. The molecule has 0 unspecified atom stereocenters. The van der Waals surface area contributed by atoms with Gasteiger partial charge in [0, 0.05) is 5.56 Å². The van der Waals surface area contributed by atoms with Crippen molar-refractivity contribution < 1.29 is 9.47 Å². The Bertz CT molecular complexity index is 2000. The predicted molar refractivity (Wildman–Crippen MR) is 203 cm³/mol. The van der Waals surface area contributed by atoms with Crippen LogP contribution < -0.4 is 40.6 Å². The number of ether oxygens (including phenoxy) is 2. The van der Waals surface area contributed by atoms with E-state index in [0.29, 0.717) is 5.92 Å². The van der Waals surface area contributed by atoms with Crippen LogP contribution in [0.4, 0.5) is 0 Å². The highest BCUT2D eigenvalue weighted by atomic mass is 28.3. The minimum absolute atomic E-state index is 0.599. The summed E-state index contributed by atoms with van der Waals surface area (Å²) in [5, 5.41) is 8.45. The molecule has 2 nitrogen and oxygen atoms in total. The van der Waals surface area contributed by atoms with Crippen molar-refractivity contribution in [2.75, 3.05) is 0 Å². The molecule has 1 saturated carbocycles. The number of hydrogen-bond donors (Lipinski definition) is 0. The van der Waals surface area contributed by atoms with Crippen LogP contribution in [0.15, 0.2) is 103 Å². The quantitative estimate of drug-likeness (QED) is 0.185. The van der Waals surface area contributed by atoms with E-state index in [-0.39, 0.29) is 0 Å². The molecule has 0 aromatic heterocycles. The fraction of sp³-hybridized carbons (Fsp3) is 0.268. The lowest BCUT2D eigenvalue weighted by Crippen LogP contribution is -2.60. The molecule has 1 fully saturated rings. The molecule has 1 aliphatic carbocycles. The zero-order valence-electron chi connectivity index (χ0n) is 28.0. The van der Waals surface area contributed by atoms with Gasteiger partial charge in [-0.2, -0.15) is 0 Å². The third kappa shape index (κ3) is 4.46. The molecule has 0 amide bonds. The second kappa shape index (κ2) is 10.7. The van der Waals surface area contributed by atoms with Crippen molar-refractivity contribution >= 4 is 55.3 Å². The lowest BCUT2D eigenvalue weighted by molar-refractivity contribution is 0.488. The number of para-hydroxylation sites is 4. The van der Waals surface area contributed by atoms with Crippen molar-refractivity contribution in [2.24, 2.45) is 0 Å². The molecule has 3 aliphatic rings. The van der Waals surface area contributed by atoms with Crippen LogP contribution in [0.5, 0.6) is 23.0 Å². The standard InChI is InChI=1S/C41H44O2Si3/c1-44(2,38-23-14-24-39-41(38)43-34-19-10-12-21-36(34)46(39,5)6)29-25-26-30(28-15-7-8-16-28)32(27-29)31-17-13-22-37-40(31)42-33-18-9-11-20-35(33)45(37,3)4/h9-14,17-28H,7-8,15-16H2,1-6H3. The minimum Gasteiger partial charge on any atom is -0.458 e. The Hall–Kier alpha value is -3.65. The first kappa shape index (κ1) is 29.7. The van der Waals surface area contributed by atoms with Gasteiger partial charge in [-0.15, -0.1) is 0 Å². The first-order chi connectivity index (χ1) is 22.1. The third-order valence-corrected chi connectivity index (χ3v) is 22.0. The second-order valence-corrected chi connectivity index (χ2v) is 28.2. The van der Waals surface area contributed by atoms with Crippen molar-refractivity contribution in [3.05, 3.63) is 109 Å².